The van der Waals surface area contributed by atoms with Crippen LogP contribution in [0.1, 0.15) is 64.2 Å². The highest BCUT2D eigenvalue weighted by molar-refractivity contribution is 4.78. The van der Waals surface area contributed by atoms with E-state index in [1.165, 1.54) is 64.2 Å². The second kappa shape index (κ2) is 6.02. The lowest BCUT2D eigenvalue weighted by molar-refractivity contribution is 0.251. The molecule has 2 aliphatic rings. The molecule has 2 rings (SSSR count). The fraction of sp³-hybridized carbons (Fsp3) is 1.00. The Morgan fingerprint density at radius 2 is 1.38 bits per heavy atom. The van der Waals surface area contributed by atoms with E-state index in [2.05, 4.69) is 0 Å². The van der Waals surface area contributed by atoms with Crippen LogP contribution in [0, 0.1) is 11.8 Å². The standard InChI is InChI=1S/C14H28N2/c15-13-8-6-11(7-9-13)4-5-12-2-1-3-14(16)10-12/h11-14H,1-10,15-16H2/t11-,12?,13-,14-/m0/s1. The molecule has 0 aromatic carbocycles. The monoisotopic (exact) mass is 224 g/mol. The van der Waals surface area contributed by atoms with Gasteiger partial charge in [-0.3, -0.25) is 0 Å². The highest BCUT2D eigenvalue weighted by Gasteiger charge is 2.22. The number of rotatable bonds is 3. The molecular formula is C14H28N2. The molecule has 2 nitrogen and oxygen atoms in total. The molecule has 0 aromatic rings. The molecule has 0 bridgehead atoms. The molecule has 0 aliphatic heterocycles. The summed E-state index contributed by atoms with van der Waals surface area (Å²) in [5, 5.41) is 0. The zero-order chi connectivity index (χ0) is 11.4. The number of hydrogen-bond donors (Lipinski definition) is 2. The largest absolute Gasteiger partial charge is 0.328 e. The second-order valence-corrected chi connectivity index (χ2v) is 6.15. The van der Waals surface area contributed by atoms with Crippen LogP contribution in [0.2, 0.25) is 0 Å². The van der Waals surface area contributed by atoms with E-state index in [-0.39, 0.29) is 0 Å². The molecule has 16 heavy (non-hydrogen) atoms. The molecule has 0 heterocycles. The minimum absolute atomic E-state index is 0.499. The van der Waals surface area contributed by atoms with Crippen LogP contribution in [0.5, 0.6) is 0 Å². The van der Waals surface area contributed by atoms with E-state index >= 15 is 0 Å². The van der Waals surface area contributed by atoms with Crippen LogP contribution in [-0.4, -0.2) is 12.1 Å². The summed E-state index contributed by atoms with van der Waals surface area (Å²) < 4.78 is 0. The summed E-state index contributed by atoms with van der Waals surface area (Å²) in [6.07, 6.45) is 13.5. The third kappa shape index (κ3) is 3.74. The fourth-order valence-electron chi connectivity index (χ4n) is 3.54. The maximum atomic E-state index is 6.04. The fourth-order valence-corrected chi connectivity index (χ4v) is 3.54. The van der Waals surface area contributed by atoms with E-state index in [1.54, 1.807) is 0 Å². The zero-order valence-corrected chi connectivity index (χ0v) is 10.5. The first-order valence-electron chi connectivity index (χ1n) is 7.25. The lowest BCUT2D eigenvalue weighted by Crippen LogP contribution is -2.29. The van der Waals surface area contributed by atoms with Crippen molar-refractivity contribution in [1.82, 2.24) is 0 Å². The van der Waals surface area contributed by atoms with Gasteiger partial charge in [0.2, 0.25) is 0 Å². The first-order valence-corrected chi connectivity index (χ1v) is 7.25. The van der Waals surface area contributed by atoms with Gasteiger partial charge in [-0.2, -0.15) is 0 Å². The topological polar surface area (TPSA) is 52.0 Å². The molecular weight excluding hydrogens is 196 g/mol. The molecule has 0 spiro atoms. The van der Waals surface area contributed by atoms with Gasteiger partial charge >= 0.3 is 0 Å². The van der Waals surface area contributed by atoms with Crippen molar-refractivity contribution >= 4 is 0 Å². The van der Waals surface area contributed by atoms with Gasteiger partial charge in [-0.15, -0.1) is 0 Å². The average Bonchev–Trinajstić information content (AvgIpc) is 2.28. The maximum Gasteiger partial charge on any atom is 0.00414 e. The molecule has 4 N–H and O–H groups in total. The lowest BCUT2D eigenvalue weighted by atomic mass is 9.78. The first kappa shape index (κ1) is 12.4. The second-order valence-electron chi connectivity index (χ2n) is 6.15. The summed E-state index contributed by atoms with van der Waals surface area (Å²) >= 11 is 0. The van der Waals surface area contributed by atoms with Crippen molar-refractivity contribution in [1.29, 1.82) is 0 Å². The van der Waals surface area contributed by atoms with Crippen molar-refractivity contribution in [2.24, 2.45) is 23.3 Å². The third-order valence-corrected chi connectivity index (χ3v) is 4.70. The summed E-state index contributed by atoms with van der Waals surface area (Å²) in [6, 6.07) is 0.998. The van der Waals surface area contributed by atoms with Crippen LogP contribution in [0.25, 0.3) is 0 Å². The lowest BCUT2D eigenvalue weighted by Gasteiger charge is -2.30. The number of hydrogen-bond acceptors (Lipinski definition) is 2. The van der Waals surface area contributed by atoms with Crippen LogP contribution >= 0.6 is 0 Å². The molecule has 0 amide bonds. The summed E-state index contributed by atoms with van der Waals surface area (Å²) in [7, 11) is 0. The van der Waals surface area contributed by atoms with Gasteiger partial charge in [-0.25, -0.2) is 0 Å². The summed E-state index contributed by atoms with van der Waals surface area (Å²) in [5.74, 6) is 1.90. The normalized spacial score (nSPS) is 40.9. The molecule has 94 valence electrons. The summed E-state index contributed by atoms with van der Waals surface area (Å²) in [5.41, 5.74) is 12.0. The smallest absolute Gasteiger partial charge is 0.00414 e. The van der Waals surface area contributed by atoms with Crippen molar-refractivity contribution in [3.05, 3.63) is 0 Å². The molecule has 0 saturated heterocycles. The Morgan fingerprint density at radius 1 is 0.688 bits per heavy atom. The van der Waals surface area contributed by atoms with Crippen molar-refractivity contribution < 1.29 is 0 Å². The van der Waals surface area contributed by atoms with Crippen LogP contribution in [-0.2, 0) is 0 Å². The Labute approximate surface area is 100 Å². The van der Waals surface area contributed by atoms with E-state index in [9.17, 15) is 0 Å². The van der Waals surface area contributed by atoms with Crippen LogP contribution < -0.4 is 11.5 Å². The maximum absolute atomic E-state index is 6.04. The Morgan fingerprint density at radius 3 is 2.06 bits per heavy atom. The van der Waals surface area contributed by atoms with Gasteiger partial charge in [0.15, 0.2) is 0 Å². The quantitative estimate of drug-likeness (QED) is 0.774. The van der Waals surface area contributed by atoms with Gasteiger partial charge < -0.3 is 11.5 Å². The molecule has 2 saturated carbocycles. The molecule has 2 aliphatic carbocycles. The predicted octanol–water partition coefficient (Wildman–Crippen LogP) is 2.80. The summed E-state index contributed by atoms with van der Waals surface area (Å²) in [4.78, 5) is 0. The Bertz CT molecular complexity index is 197. The molecule has 2 fully saturated rings. The van der Waals surface area contributed by atoms with Gasteiger partial charge in [0, 0.05) is 12.1 Å². The molecule has 0 radical (unpaired) electrons. The van der Waals surface area contributed by atoms with E-state index in [1.807, 2.05) is 0 Å². The van der Waals surface area contributed by atoms with E-state index in [4.69, 9.17) is 11.5 Å². The van der Waals surface area contributed by atoms with E-state index in [0.29, 0.717) is 12.1 Å². The molecule has 1 unspecified atom stereocenters. The average molecular weight is 224 g/mol. The SMILES string of the molecule is N[C@H]1CCCC(CC[C@H]2CC[C@H](N)CC2)C1. The summed E-state index contributed by atoms with van der Waals surface area (Å²) in [6.45, 7) is 0. The van der Waals surface area contributed by atoms with Crippen molar-refractivity contribution in [2.75, 3.05) is 0 Å². The van der Waals surface area contributed by atoms with Crippen molar-refractivity contribution in [3.63, 3.8) is 0 Å². The van der Waals surface area contributed by atoms with Gasteiger partial charge in [0.1, 0.15) is 0 Å². The van der Waals surface area contributed by atoms with Gasteiger partial charge in [0.25, 0.3) is 0 Å². The van der Waals surface area contributed by atoms with Crippen LogP contribution in [0.15, 0.2) is 0 Å². The minimum Gasteiger partial charge on any atom is -0.328 e. The molecule has 0 aromatic heterocycles. The third-order valence-electron chi connectivity index (χ3n) is 4.70. The Hall–Kier alpha value is -0.0800. The minimum atomic E-state index is 0.499. The Kier molecular flexibility index (Phi) is 4.66. The number of nitrogens with two attached hydrogens (primary N) is 2. The highest BCUT2D eigenvalue weighted by atomic mass is 14.6. The Balaban J connectivity index is 1.63. The van der Waals surface area contributed by atoms with Crippen LogP contribution in [0.3, 0.4) is 0 Å². The molecule has 2 atom stereocenters. The predicted molar refractivity (Wildman–Crippen MR) is 69.1 cm³/mol. The van der Waals surface area contributed by atoms with Crippen LogP contribution in [0.4, 0.5) is 0 Å². The van der Waals surface area contributed by atoms with Gasteiger partial charge in [-0.1, -0.05) is 25.7 Å². The first-order chi connectivity index (χ1) is 7.74. The molecule has 2 heteroatoms. The van der Waals surface area contributed by atoms with Gasteiger partial charge in [0.05, 0.1) is 0 Å². The van der Waals surface area contributed by atoms with Gasteiger partial charge in [-0.05, 0) is 50.4 Å². The van der Waals surface area contributed by atoms with Crippen molar-refractivity contribution in [3.8, 4) is 0 Å². The van der Waals surface area contributed by atoms with E-state index in [0.717, 1.165) is 11.8 Å². The highest BCUT2D eigenvalue weighted by Crippen LogP contribution is 2.32. The van der Waals surface area contributed by atoms with E-state index < -0.39 is 0 Å². The van der Waals surface area contributed by atoms with Crippen molar-refractivity contribution in [2.45, 2.75) is 76.3 Å². The zero-order valence-electron chi connectivity index (χ0n) is 10.5.